The third kappa shape index (κ3) is 3.81. The van der Waals surface area contributed by atoms with Crippen molar-refractivity contribution in [3.05, 3.63) is 52.9 Å². The van der Waals surface area contributed by atoms with Crippen molar-refractivity contribution in [1.82, 2.24) is 9.97 Å². The van der Waals surface area contributed by atoms with Gasteiger partial charge in [0.2, 0.25) is 0 Å². The van der Waals surface area contributed by atoms with E-state index in [1.165, 1.54) is 23.5 Å². The van der Waals surface area contributed by atoms with Crippen LogP contribution < -0.4 is 5.73 Å². The molecule has 0 unspecified atom stereocenters. The molecule has 3 rings (SSSR count). The second-order valence-electron chi connectivity index (χ2n) is 4.97. The zero-order chi connectivity index (χ0) is 16.2. The number of halogens is 1. The third-order valence-corrected chi connectivity index (χ3v) is 4.17. The zero-order valence-corrected chi connectivity index (χ0v) is 13.0. The lowest BCUT2D eigenvalue weighted by Crippen LogP contribution is -2.06. The summed E-state index contributed by atoms with van der Waals surface area (Å²) < 4.78 is 18.8. The molecule has 1 aromatic carbocycles. The molecule has 0 aliphatic heterocycles. The number of nitrogens with zero attached hydrogens (tertiary/aromatic N) is 2. The molecule has 0 amide bonds. The van der Waals surface area contributed by atoms with E-state index >= 15 is 0 Å². The van der Waals surface area contributed by atoms with Gasteiger partial charge in [-0.05, 0) is 24.6 Å². The number of pyridine rings is 1. The molecule has 2 heterocycles. The Bertz CT molecular complexity index is 850. The van der Waals surface area contributed by atoms with Crippen LogP contribution >= 0.6 is 11.3 Å². The third-order valence-electron chi connectivity index (χ3n) is 3.28. The summed E-state index contributed by atoms with van der Waals surface area (Å²) in [6.07, 6.45) is 4.02. The van der Waals surface area contributed by atoms with Crippen LogP contribution in [0.3, 0.4) is 0 Å². The van der Waals surface area contributed by atoms with Gasteiger partial charge >= 0.3 is 5.97 Å². The average molecular weight is 331 g/mol. The molecule has 2 aromatic heterocycles. The molecular weight excluding hydrogens is 317 g/mol. The lowest BCUT2D eigenvalue weighted by molar-refractivity contribution is -0.144. The van der Waals surface area contributed by atoms with E-state index in [4.69, 9.17) is 10.5 Å². The highest BCUT2D eigenvalue weighted by Gasteiger charge is 2.10. The first-order chi connectivity index (χ1) is 11.1. The Morgan fingerprint density at radius 2 is 2.22 bits per heavy atom. The van der Waals surface area contributed by atoms with E-state index in [-0.39, 0.29) is 24.8 Å². The molecule has 2 N–H and O–H groups in total. The lowest BCUT2D eigenvalue weighted by atomic mass is 10.1. The summed E-state index contributed by atoms with van der Waals surface area (Å²) in [7, 11) is 0. The Kier molecular flexibility index (Phi) is 4.47. The van der Waals surface area contributed by atoms with Gasteiger partial charge in [0.25, 0.3) is 0 Å². The Balaban J connectivity index is 1.62. The molecule has 3 aromatic rings. The van der Waals surface area contributed by atoms with E-state index in [0.717, 1.165) is 4.88 Å². The van der Waals surface area contributed by atoms with Crippen LogP contribution in [0.2, 0.25) is 0 Å². The van der Waals surface area contributed by atoms with Crippen molar-refractivity contribution in [1.29, 1.82) is 0 Å². The van der Waals surface area contributed by atoms with Gasteiger partial charge in [-0.25, -0.2) is 9.37 Å². The molecule has 23 heavy (non-hydrogen) atoms. The molecular formula is C16H14FN3O2S. The fourth-order valence-electron chi connectivity index (χ4n) is 2.23. The molecule has 7 heteroatoms. The van der Waals surface area contributed by atoms with Gasteiger partial charge in [-0.15, -0.1) is 11.3 Å². The number of carbonyl (C=O) groups excluding carboxylic acids is 1. The fraction of sp³-hybridized carbons (Fsp3) is 0.188. The summed E-state index contributed by atoms with van der Waals surface area (Å²) in [5.41, 5.74) is 6.72. The van der Waals surface area contributed by atoms with E-state index in [2.05, 4.69) is 9.97 Å². The first-order valence-electron chi connectivity index (χ1n) is 7.01. The first kappa shape index (κ1) is 15.4. The van der Waals surface area contributed by atoms with Crippen LogP contribution in [-0.4, -0.2) is 15.9 Å². The van der Waals surface area contributed by atoms with Gasteiger partial charge in [-0.2, -0.15) is 0 Å². The smallest absolute Gasteiger partial charge is 0.306 e. The predicted molar refractivity (Wildman–Crippen MR) is 86.3 cm³/mol. The Morgan fingerprint density at radius 3 is 3.00 bits per heavy atom. The van der Waals surface area contributed by atoms with Gasteiger partial charge in [-0.3, -0.25) is 9.78 Å². The van der Waals surface area contributed by atoms with Crippen LogP contribution in [-0.2, 0) is 22.6 Å². The number of anilines is 1. The zero-order valence-electron chi connectivity index (χ0n) is 12.2. The highest BCUT2D eigenvalue weighted by atomic mass is 32.1. The molecule has 0 saturated carbocycles. The molecule has 0 aliphatic rings. The van der Waals surface area contributed by atoms with Crippen molar-refractivity contribution in [2.75, 3.05) is 5.73 Å². The topological polar surface area (TPSA) is 78.1 Å². The number of aryl methyl sites for hydroxylation is 1. The maximum absolute atomic E-state index is 13.6. The number of nitrogen functional groups attached to an aromatic ring is 1. The average Bonchev–Trinajstić information content (AvgIpc) is 2.96. The molecule has 0 fully saturated rings. The summed E-state index contributed by atoms with van der Waals surface area (Å²) >= 11 is 1.35. The number of esters is 1. The summed E-state index contributed by atoms with van der Waals surface area (Å²) in [6.45, 7) is -0.00502. The maximum Gasteiger partial charge on any atom is 0.306 e. The number of fused-ring (bicyclic) bond motifs is 1. The first-order valence-corrected chi connectivity index (χ1v) is 7.82. The summed E-state index contributed by atoms with van der Waals surface area (Å²) in [6, 6.07) is 6.25. The van der Waals surface area contributed by atoms with Gasteiger partial charge in [0.1, 0.15) is 12.4 Å². The number of ether oxygens (including phenoxy) is 1. The quantitative estimate of drug-likeness (QED) is 0.727. The number of rotatable bonds is 5. The minimum absolute atomic E-state index is 0.00502. The summed E-state index contributed by atoms with van der Waals surface area (Å²) in [5.74, 6) is -0.734. The van der Waals surface area contributed by atoms with Crippen LogP contribution in [0.15, 0.2) is 36.7 Å². The fourth-order valence-corrected chi connectivity index (χ4v) is 2.92. The van der Waals surface area contributed by atoms with Gasteiger partial charge < -0.3 is 10.5 Å². The number of carbonyl (C=O) groups is 1. The van der Waals surface area contributed by atoms with E-state index < -0.39 is 0 Å². The SMILES string of the molecule is Nc1ncc(CCC(=O)OCc2cc(F)cc3cccnc23)s1. The molecule has 0 spiro atoms. The number of nitrogens with two attached hydrogens (primary N) is 1. The largest absolute Gasteiger partial charge is 0.461 e. The highest BCUT2D eigenvalue weighted by molar-refractivity contribution is 7.15. The van der Waals surface area contributed by atoms with Crippen molar-refractivity contribution in [3.8, 4) is 0 Å². The normalized spacial score (nSPS) is 10.8. The van der Waals surface area contributed by atoms with Gasteiger partial charge in [0.05, 0.1) is 11.9 Å². The van der Waals surface area contributed by atoms with Gasteiger partial charge in [-0.1, -0.05) is 6.07 Å². The standard InChI is InChI=1S/C16H14FN3O2S/c17-12-6-10-2-1-5-19-15(10)11(7-12)9-22-14(21)4-3-13-8-20-16(18)23-13/h1-2,5-8H,3-4,9H2,(H2,18,20). The minimum atomic E-state index is -0.378. The van der Waals surface area contributed by atoms with E-state index in [1.54, 1.807) is 24.5 Å². The lowest BCUT2D eigenvalue weighted by Gasteiger charge is -2.07. The minimum Gasteiger partial charge on any atom is -0.461 e. The summed E-state index contributed by atoms with van der Waals surface area (Å²) in [5, 5.41) is 1.16. The van der Waals surface area contributed by atoms with Crippen molar-refractivity contribution < 1.29 is 13.9 Å². The van der Waals surface area contributed by atoms with Crippen molar-refractivity contribution >= 4 is 33.3 Å². The van der Waals surface area contributed by atoms with Crippen molar-refractivity contribution in [2.45, 2.75) is 19.4 Å². The van der Waals surface area contributed by atoms with E-state index in [9.17, 15) is 9.18 Å². The second-order valence-corrected chi connectivity index (χ2v) is 6.11. The van der Waals surface area contributed by atoms with Crippen LogP contribution in [0.1, 0.15) is 16.9 Å². The van der Waals surface area contributed by atoms with Crippen LogP contribution in [0.4, 0.5) is 9.52 Å². The number of thiazole rings is 1. The molecule has 0 bridgehead atoms. The molecule has 0 saturated heterocycles. The van der Waals surface area contributed by atoms with Crippen molar-refractivity contribution in [3.63, 3.8) is 0 Å². The number of hydrogen-bond acceptors (Lipinski definition) is 6. The van der Waals surface area contributed by atoms with E-state index in [0.29, 0.717) is 28.0 Å². The van der Waals surface area contributed by atoms with Crippen molar-refractivity contribution in [2.24, 2.45) is 0 Å². The Labute approximate surface area is 135 Å². The molecule has 0 aliphatic carbocycles. The van der Waals surface area contributed by atoms with Crippen LogP contribution in [0.5, 0.6) is 0 Å². The van der Waals surface area contributed by atoms with Gasteiger partial charge in [0, 0.05) is 28.2 Å². The van der Waals surface area contributed by atoms with Crippen LogP contribution in [0.25, 0.3) is 10.9 Å². The molecule has 118 valence electrons. The number of benzene rings is 1. The Morgan fingerprint density at radius 1 is 1.35 bits per heavy atom. The number of hydrogen-bond donors (Lipinski definition) is 1. The molecule has 0 radical (unpaired) electrons. The monoisotopic (exact) mass is 331 g/mol. The maximum atomic E-state index is 13.6. The summed E-state index contributed by atoms with van der Waals surface area (Å²) in [4.78, 5) is 20.9. The second kappa shape index (κ2) is 6.70. The predicted octanol–water partition coefficient (Wildman–Crippen LogP) is 3.09. The van der Waals surface area contributed by atoms with Gasteiger partial charge in [0.15, 0.2) is 5.13 Å². The molecule has 5 nitrogen and oxygen atoms in total. The van der Waals surface area contributed by atoms with E-state index in [1.807, 2.05) is 0 Å². The van der Waals surface area contributed by atoms with Crippen LogP contribution in [0, 0.1) is 5.82 Å². The number of aromatic nitrogens is 2. The highest BCUT2D eigenvalue weighted by Crippen LogP contribution is 2.20. The Hall–Kier alpha value is -2.54. The molecule has 0 atom stereocenters.